The van der Waals surface area contributed by atoms with E-state index in [1.54, 1.807) is 6.07 Å². The van der Waals surface area contributed by atoms with Crippen molar-refractivity contribution < 1.29 is 0 Å². The Labute approximate surface area is 123 Å². The van der Waals surface area contributed by atoms with E-state index in [-0.39, 0.29) is 5.56 Å². The average molecular weight is 287 g/mol. The summed E-state index contributed by atoms with van der Waals surface area (Å²) >= 11 is 0. The van der Waals surface area contributed by atoms with E-state index < -0.39 is 0 Å². The highest BCUT2D eigenvalue weighted by Gasteiger charge is 2.22. The molecule has 3 rings (SSSR count). The van der Waals surface area contributed by atoms with Crippen LogP contribution in [0.3, 0.4) is 0 Å². The number of nitrogens with zero attached hydrogens (tertiary/aromatic N) is 4. The Morgan fingerprint density at radius 1 is 1.38 bits per heavy atom. The second-order valence-corrected chi connectivity index (χ2v) is 5.58. The molecule has 2 aromatic heterocycles. The van der Waals surface area contributed by atoms with Crippen molar-refractivity contribution >= 4 is 5.82 Å². The fraction of sp³-hybridized carbons (Fsp3) is 0.533. The molecule has 0 saturated carbocycles. The summed E-state index contributed by atoms with van der Waals surface area (Å²) in [7, 11) is 0. The van der Waals surface area contributed by atoms with E-state index in [4.69, 9.17) is 0 Å². The van der Waals surface area contributed by atoms with Gasteiger partial charge in [0.05, 0.1) is 6.20 Å². The summed E-state index contributed by atoms with van der Waals surface area (Å²) in [6.07, 6.45) is 6.28. The number of anilines is 1. The SMILES string of the molecule is CCn1cc(C2CCN(c3cc(=O)[nH]c(C)n3)CC2)cn1. The van der Waals surface area contributed by atoms with Gasteiger partial charge < -0.3 is 9.88 Å². The standard InChI is InChI=1S/C15H21N5O/c1-3-20-10-13(9-16-20)12-4-6-19(7-5-12)14-8-15(21)18-11(2)17-14/h8-10,12H,3-7H2,1-2H3,(H,17,18,21). The second kappa shape index (κ2) is 5.71. The summed E-state index contributed by atoms with van der Waals surface area (Å²) < 4.78 is 1.98. The van der Waals surface area contributed by atoms with Crippen LogP contribution in [0, 0.1) is 6.92 Å². The fourth-order valence-electron chi connectivity index (χ4n) is 2.93. The molecule has 1 saturated heterocycles. The first-order valence-corrected chi connectivity index (χ1v) is 7.51. The lowest BCUT2D eigenvalue weighted by molar-refractivity contribution is 0.501. The molecule has 0 unspecified atom stereocenters. The van der Waals surface area contributed by atoms with E-state index in [1.807, 2.05) is 17.8 Å². The highest BCUT2D eigenvalue weighted by Crippen LogP contribution is 2.29. The highest BCUT2D eigenvalue weighted by atomic mass is 16.1. The van der Waals surface area contributed by atoms with Crippen molar-refractivity contribution in [3.63, 3.8) is 0 Å². The predicted octanol–water partition coefficient (Wildman–Crippen LogP) is 1.68. The Morgan fingerprint density at radius 2 is 2.14 bits per heavy atom. The molecule has 2 aromatic rings. The van der Waals surface area contributed by atoms with Crippen molar-refractivity contribution in [1.29, 1.82) is 0 Å². The van der Waals surface area contributed by atoms with Gasteiger partial charge in [-0.3, -0.25) is 9.48 Å². The van der Waals surface area contributed by atoms with Crippen LogP contribution in [0.25, 0.3) is 0 Å². The van der Waals surface area contributed by atoms with E-state index in [9.17, 15) is 4.79 Å². The van der Waals surface area contributed by atoms with Crippen molar-refractivity contribution in [1.82, 2.24) is 19.7 Å². The van der Waals surface area contributed by atoms with E-state index in [1.165, 1.54) is 5.56 Å². The lowest BCUT2D eigenvalue weighted by Crippen LogP contribution is -2.34. The molecule has 1 aliphatic rings. The van der Waals surface area contributed by atoms with Gasteiger partial charge in [0.2, 0.25) is 0 Å². The molecule has 1 aliphatic heterocycles. The largest absolute Gasteiger partial charge is 0.356 e. The summed E-state index contributed by atoms with van der Waals surface area (Å²) in [6, 6.07) is 1.59. The molecule has 1 fully saturated rings. The fourth-order valence-corrected chi connectivity index (χ4v) is 2.93. The van der Waals surface area contributed by atoms with Gasteiger partial charge in [0, 0.05) is 31.9 Å². The molecule has 0 spiro atoms. The average Bonchev–Trinajstić information content (AvgIpc) is 2.95. The van der Waals surface area contributed by atoms with Crippen LogP contribution in [0.5, 0.6) is 0 Å². The van der Waals surface area contributed by atoms with Gasteiger partial charge in [-0.05, 0) is 38.2 Å². The molecular weight excluding hydrogens is 266 g/mol. The molecule has 112 valence electrons. The third-order valence-electron chi connectivity index (χ3n) is 4.11. The molecule has 0 bridgehead atoms. The Morgan fingerprint density at radius 3 is 2.76 bits per heavy atom. The predicted molar refractivity (Wildman–Crippen MR) is 81.7 cm³/mol. The Hall–Kier alpha value is -2.11. The van der Waals surface area contributed by atoms with E-state index >= 15 is 0 Å². The molecule has 0 radical (unpaired) electrons. The van der Waals surface area contributed by atoms with Crippen molar-refractivity contribution in [3.05, 3.63) is 40.2 Å². The minimum absolute atomic E-state index is 0.0798. The van der Waals surface area contributed by atoms with Crippen LogP contribution in [0.2, 0.25) is 0 Å². The van der Waals surface area contributed by atoms with Gasteiger partial charge in [-0.1, -0.05) is 0 Å². The van der Waals surface area contributed by atoms with Crippen LogP contribution in [0.4, 0.5) is 5.82 Å². The molecule has 6 nitrogen and oxygen atoms in total. The molecular formula is C15H21N5O. The molecule has 0 atom stereocenters. The summed E-state index contributed by atoms with van der Waals surface area (Å²) in [5, 5.41) is 4.36. The maximum absolute atomic E-state index is 11.5. The van der Waals surface area contributed by atoms with E-state index in [2.05, 4.69) is 33.1 Å². The van der Waals surface area contributed by atoms with Gasteiger partial charge in [0.15, 0.2) is 0 Å². The minimum Gasteiger partial charge on any atom is -0.356 e. The number of hydrogen-bond donors (Lipinski definition) is 1. The number of rotatable bonds is 3. The molecule has 6 heteroatoms. The van der Waals surface area contributed by atoms with Crippen molar-refractivity contribution in [2.24, 2.45) is 0 Å². The Bertz CT molecular complexity index is 667. The molecule has 1 N–H and O–H groups in total. The molecule has 21 heavy (non-hydrogen) atoms. The summed E-state index contributed by atoms with van der Waals surface area (Å²) in [4.78, 5) is 20.9. The number of aryl methyl sites for hydroxylation is 2. The number of nitrogens with one attached hydrogen (secondary N) is 1. The van der Waals surface area contributed by atoms with E-state index in [0.29, 0.717) is 11.7 Å². The van der Waals surface area contributed by atoms with Gasteiger partial charge in [0.1, 0.15) is 11.6 Å². The maximum Gasteiger partial charge on any atom is 0.252 e. The highest BCUT2D eigenvalue weighted by molar-refractivity contribution is 5.38. The van der Waals surface area contributed by atoms with Crippen LogP contribution in [0.1, 0.15) is 37.1 Å². The summed E-state index contributed by atoms with van der Waals surface area (Å²) in [6.45, 7) is 6.68. The zero-order valence-corrected chi connectivity index (χ0v) is 12.5. The normalized spacial score (nSPS) is 16.4. The number of aromatic amines is 1. The van der Waals surface area contributed by atoms with E-state index in [0.717, 1.165) is 38.3 Å². The zero-order valence-electron chi connectivity index (χ0n) is 12.5. The minimum atomic E-state index is -0.0798. The zero-order chi connectivity index (χ0) is 14.8. The lowest BCUT2D eigenvalue weighted by Gasteiger charge is -2.32. The molecule has 3 heterocycles. The van der Waals surface area contributed by atoms with Crippen molar-refractivity contribution in [3.8, 4) is 0 Å². The number of aromatic nitrogens is 4. The monoisotopic (exact) mass is 287 g/mol. The number of hydrogen-bond acceptors (Lipinski definition) is 4. The van der Waals surface area contributed by atoms with Crippen LogP contribution >= 0.6 is 0 Å². The lowest BCUT2D eigenvalue weighted by atomic mass is 9.91. The summed E-state index contributed by atoms with van der Waals surface area (Å²) in [5.74, 6) is 2.02. The molecule has 0 aromatic carbocycles. The van der Waals surface area contributed by atoms with Gasteiger partial charge in [-0.2, -0.15) is 5.10 Å². The topological polar surface area (TPSA) is 66.8 Å². The quantitative estimate of drug-likeness (QED) is 0.932. The third kappa shape index (κ3) is 2.99. The van der Waals surface area contributed by atoms with Gasteiger partial charge >= 0.3 is 0 Å². The Balaban J connectivity index is 1.68. The number of piperidine rings is 1. The first-order chi connectivity index (χ1) is 10.2. The number of H-pyrrole nitrogens is 1. The van der Waals surface area contributed by atoms with Crippen LogP contribution in [0.15, 0.2) is 23.3 Å². The third-order valence-corrected chi connectivity index (χ3v) is 4.11. The van der Waals surface area contributed by atoms with Gasteiger partial charge in [-0.25, -0.2) is 4.98 Å². The smallest absolute Gasteiger partial charge is 0.252 e. The van der Waals surface area contributed by atoms with Crippen LogP contribution in [-0.2, 0) is 6.54 Å². The van der Waals surface area contributed by atoms with Crippen LogP contribution in [-0.4, -0.2) is 32.8 Å². The Kier molecular flexibility index (Phi) is 3.77. The van der Waals surface area contributed by atoms with Crippen molar-refractivity contribution in [2.75, 3.05) is 18.0 Å². The van der Waals surface area contributed by atoms with Crippen LogP contribution < -0.4 is 10.5 Å². The second-order valence-electron chi connectivity index (χ2n) is 5.58. The van der Waals surface area contributed by atoms with Gasteiger partial charge in [-0.15, -0.1) is 0 Å². The van der Waals surface area contributed by atoms with Crippen molar-refractivity contribution in [2.45, 2.75) is 39.2 Å². The maximum atomic E-state index is 11.5. The van der Waals surface area contributed by atoms with Gasteiger partial charge in [0.25, 0.3) is 5.56 Å². The molecule has 0 amide bonds. The first kappa shape index (κ1) is 13.9. The summed E-state index contributed by atoms with van der Waals surface area (Å²) in [5.41, 5.74) is 1.25. The molecule has 0 aliphatic carbocycles. The first-order valence-electron chi connectivity index (χ1n) is 7.51.